The Kier molecular flexibility index (Phi) is 3.52. The van der Waals surface area contributed by atoms with Gasteiger partial charge in [-0.2, -0.15) is 0 Å². The SMILES string of the molecule is CCn1cc(Cn2cnc3c(N)cc(-c4c(C)noc4C)cc32)nn1. The average Bonchev–Trinajstić information content (AvgIpc) is 3.28. The number of rotatable bonds is 4. The second-order valence-electron chi connectivity index (χ2n) is 6.07. The van der Waals surface area contributed by atoms with Crippen molar-refractivity contribution in [3.8, 4) is 11.1 Å². The molecule has 3 aromatic heterocycles. The van der Waals surface area contributed by atoms with Gasteiger partial charge in [-0.15, -0.1) is 5.10 Å². The van der Waals surface area contributed by atoms with Crippen LogP contribution >= 0.6 is 0 Å². The fourth-order valence-corrected chi connectivity index (χ4v) is 3.10. The van der Waals surface area contributed by atoms with Gasteiger partial charge >= 0.3 is 0 Å². The Morgan fingerprint density at radius 2 is 2.08 bits per heavy atom. The fourth-order valence-electron chi connectivity index (χ4n) is 3.10. The van der Waals surface area contributed by atoms with E-state index in [4.69, 9.17) is 10.3 Å². The van der Waals surface area contributed by atoms with Gasteiger partial charge in [-0.3, -0.25) is 4.68 Å². The molecular weight excluding hydrogens is 318 g/mol. The molecule has 8 heteroatoms. The van der Waals surface area contributed by atoms with Gasteiger partial charge in [0.25, 0.3) is 0 Å². The van der Waals surface area contributed by atoms with Crippen LogP contribution in [-0.2, 0) is 13.1 Å². The molecule has 1 aromatic carbocycles. The Bertz CT molecular complexity index is 1040. The van der Waals surface area contributed by atoms with Gasteiger partial charge in [0, 0.05) is 12.1 Å². The van der Waals surface area contributed by atoms with Gasteiger partial charge in [-0.1, -0.05) is 10.4 Å². The number of anilines is 1. The number of benzene rings is 1. The quantitative estimate of drug-likeness (QED) is 0.574. The second-order valence-corrected chi connectivity index (χ2v) is 6.07. The van der Waals surface area contributed by atoms with Crippen LogP contribution < -0.4 is 5.73 Å². The maximum atomic E-state index is 6.24. The van der Waals surface area contributed by atoms with E-state index in [1.807, 2.05) is 37.6 Å². The number of aromatic nitrogens is 6. The van der Waals surface area contributed by atoms with Crippen molar-refractivity contribution in [2.75, 3.05) is 5.73 Å². The molecule has 0 atom stereocenters. The van der Waals surface area contributed by atoms with E-state index in [1.54, 1.807) is 11.0 Å². The molecule has 8 nitrogen and oxygen atoms in total. The van der Waals surface area contributed by atoms with E-state index >= 15 is 0 Å². The van der Waals surface area contributed by atoms with Crippen molar-refractivity contribution in [1.82, 2.24) is 29.7 Å². The highest BCUT2D eigenvalue weighted by Crippen LogP contribution is 2.32. The van der Waals surface area contributed by atoms with Crippen molar-refractivity contribution < 1.29 is 4.52 Å². The third-order valence-electron chi connectivity index (χ3n) is 4.32. The van der Waals surface area contributed by atoms with Crippen LogP contribution in [0.15, 0.2) is 29.2 Å². The summed E-state index contributed by atoms with van der Waals surface area (Å²) in [6, 6.07) is 3.98. The molecule has 3 heterocycles. The van der Waals surface area contributed by atoms with E-state index < -0.39 is 0 Å². The number of hydrogen-bond acceptors (Lipinski definition) is 6. The number of nitrogen functional groups attached to an aromatic ring is 1. The summed E-state index contributed by atoms with van der Waals surface area (Å²) in [5.41, 5.74) is 12.2. The molecule has 0 radical (unpaired) electrons. The molecule has 0 saturated heterocycles. The summed E-state index contributed by atoms with van der Waals surface area (Å²) >= 11 is 0. The molecule has 0 amide bonds. The number of aryl methyl sites for hydroxylation is 3. The first-order valence-electron chi connectivity index (χ1n) is 8.13. The number of nitrogens with two attached hydrogens (primary N) is 1. The Hall–Kier alpha value is -3.16. The summed E-state index contributed by atoms with van der Waals surface area (Å²) in [6.45, 7) is 7.23. The van der Waals surface area contributed by atoms with Crippen LogP contribution in [0, 0.1) is 13.8 Å². The topological polar surface area (TPSA) is 101 Å². The molecule has 4 rings (SSSR count). The van der Waals surface area contributed by atoms with Crippen LogP contribution in [0.4, 0.5) is 5.69 Å². The van der Waals surface area contributed by atoms with Crippen LogP contribution in [0.5, 0.6) is 0 Å². The average molecular weight is 337 g/mol. The molecule has 0 aliphatic rings. The van der Waals surface area contributed by atoms with Crippen molar-refractivity contribution in [1.29, 1.82) is 0 Å². The first-order chi connectivity index (χ1) is 12.1. The van der Waals surface area contributed by atoms with Gasteiger partial charge < -0.3 is 14.8 Å². The number of fused-ring (bicyclic) bond motifs is 1. The maximum absolute atomic E-state index is 6.24. The summed E-state index contributed by atoms with van der Waals surface area (Å²) in [4.78, 5) is 4.45. The highest BCUT2D eigenvalue weighted by molar-refractivity contribution is 5.92. The molecule has 0 bridgehead atoms. The lowest BCUT2D eigenvalue weighted by Crippen LogP contribution is -1.99. The van der Waals surface area contributed by atoms with Crippen LogP contribution in [0.1, 0.15) is 24.1 Å². The predicted molar refractivity (Wildman–Crippen MR) is 93.9 cm³/mol. The monoisotopic (exact) mass is 337 g/mol. The third kappa shape index (κ3) is 2.55. The summed E-state index contributed by atoms with van der Waals surface area (Å²) in [5, 5.41) is 12.3. The zero-order valence-corrected chi connectivity index (χ0v) is 14.4. The number of hydrogen-bond donors (Lipinski definition) is 1. The predicted octanol–water partition coefficient (Wildman–Crippen LogP) is 2.55. The van der Waals surface area contributed by atoms with Gasteiger partial charge in [-0.05, 0) is 38.5 Å². The highest BCUT2D eigenvalue weighted by atomic mass is 16.5. The van der Waals surface area contributed by atoms with Crippen molar-refractivity contribution >= 4 is 16.7 Å². The minimum Gasteiger partial charge on any atom is -0.397 e. The summed E-state index contributed by atoms with van der Waals surface area (Å²) < 4.78 is 9.12. The van der Waals surface area contributed by atoms with Crippen molar-refractivity contribution in [3.63, 3.8) is 0 Å². The summed E-state index contributed by atoms with van der Waals surface area (Å²) in [6.07, 6.45) is 3.72. The van der Waals surface area contributed by atoms with E-state index in [9.17, 15) is 0 Å². The smallest absolute Gasteiger partial charge is 0.141 e. The molecule has 0 saturated carbocycles. The molecule has 0 spiro atoms. The van der Waals surface area contributed by atoms with Gasteiger partial charge in [0.2, 0.25) is 0 Å². The molecule has 128 valence electrons. The molecule has 4 aromatic rings. The zero-order chi connectivity index (χ0) is 17.6. The Balaban J connectivity index is 1.81. The van der Waals surface area contributed by atoms with E-state index in [0.717, 1.165) is 45.9 Å². The molecule has 2 N–H and O–H groups in total. The van der Waals surface area contributed by atoms with E-state index in [-0.39, 0.29) is 0 Å². The molecule has 0 aliphatic carbocycles. The minimum absolute atomic E-state index is 0.584. The van der Waals surface area contributed by atoms with Crippen molar-refractivity contribution in [3.05, 3.63) is 41.8 Å². The summed E-state index contributed by atoms with van der Waals surface area (Å²) in [7, 11) is 0. The van der Waals surface area contributed by atoms with E-state index in [0.29, 0.717) is 12.2 Å². The van der Waals surface area contributed by atoms with E-state index in [1.165, 1.54) is 0 Å². The van der Waals surface area contributed by atoms with Gasteiger partial charge in [0.05, 0.1) is 36.0 Å². The minimum atomic E-state index is 0.584. The summed E-state index contributed by atoms with van der Waals surface area (Å²) in [5.74, 6) is 0.771. The number of nitrogens with zero attached hydrogens (tertiary/aromatic N) is 6. The maximum Gasteiger partial charge on any atom is 0.141 e. The highest BCUT2D eigenvalue weighted by Gasteiger charge is 2.16. The normalized spacial score (nSPS) is 11.5. The Labute approximate surface area is 144 Å². The standard InChI is InChI=1S/C17H19N7O/c1-4-24-8-13(20-22-24)7-23-9-19-17-14(18)5-12(6-15(17)23)16-10(2)21-25-11(16)3/h5-6,8-9H,4,7,18H2,1-3H3. The fraction of sp³-hybridized carbons (Fsp3) is 0.294. The second kappa shape index (κ2) is 5.73. The largest absolute Gasteiger partial charge is 0.397 e. The van der Waals surface area contributed by atoms with Crippen LogP contribution in [0.2, 0.25) is 0 Å². The molecular formula is C17H19N7O. The first kappa shape index (κ1) is 15.4. The molecule has 0 aliphatic heterocycles. The lowest BCUT2D eigenvalue weighted by Gasteiger charge is -2.06. The molecule has 0 unspecified atom stereocenters. The van der Waals surface area contributed by atoms with Gasteiger partial charge in [-0.25, -0.2) is 4.98 Å². The number of imidazole rings is 1. The Morgan fingerprint density at radius 1 is 1.24 bits per heavy atom. The van der Waals surface area contributed by atoms with Gasteiger partial charge in [0.15, 0.2) is 0 Å². The molecule has 0 fully saturated rings. The zero-order valence-electron chi connectivity index (χ0n) is 14.4. The molecule has 25 heavy (non-hydrogen) atoms. The van der Waals surface area contributed by atoms with Crippen LogP contribution in [-0.4, -0.2) is 29.7 Å². The van der Waals surface area contributed by atoms with Gasteiger partial charge in [0.1, 0.15) is 17.0 Å². The lowest BCUT2D eigenvalue weighted by atomic mass is 10.0. The van der Waals surface area contributed by atoms with Crippen LogP contribution in [0.3, 0.4) is 0 Å². The van der Waals surface area contributed by atoms with Crippen LogP contribution in [0.25, 0.3) is 22.2 Å². The van der Waals surface area contributed by atoms with Crippen molar-refractivity contribution in [2.45, 2.75) is 33.9 Å². The first-order valence-corrected chi connectivity index (χ1v) is 8.13. The lowest BCUT2D eigenvalue weighted by molar-refractivity contribution is 0.393. The van der Waals surface area contributed by atoms with E-state index in [2.05, 4.69) is 26.5 Å². The Morgan fingerprint density at radius 3 is 2.76 bits per heavy atom. The van der Waals surface area contributed by atoms with Crippen molar-refractivity contribution in [2.24, 2.45) is 0 Å². The third-order valence-corrected chi connectivity index (χ3v) is 4.32.